The van der Waals surface area contributed by atoms with E-state index in [1.165, 1.54) is 18.6 Å². The number of aliphatic hydroxyl groups excluding tert-OH is 1. The molecule has 1 unspecified atom stereocenters. The van der Waals surface area contributed by atoms with E-state index in [-0.39, 0.29) is 16.8 Å². The van der Waals surface area contributed by atoms with Crippen LogP contribution in [0.25, 0.3) is 0 Å². The molecular weight excluding hydrogens is 308 g/mol. The molecule has 2 N–H and O–H groups in total. The third kappa shape index (κ3) is 4.21. The Hall–Kier alpha value is -1.20. The highest BCUT2D eigenvalue weighted by Crippen LogP contribution is 2.37. The molecule has 23 heavy (non-hydrogen) atoms. The van der Waals surface area contributed by atoms with Crippen LogP contribution in [0.3, 0.4) is 0 Å². The van der Waals surface area contributed by atoms with Crippen LogP contribution in [0, 0.1) is 0 Å². The molecule has 2 fully saturated rings. The first-order valence-corrected chi connectivity index (χ1v) is 9.50. The van der Waals surface area contributed by atoms with E-state index in [9.17, 15) is 9.90 Å². The summed E-state index contributed by atoms with van der Waals surface area (Å²) in [5.74, 6) is 1.21. The first kappa shape index (κ1) is 16.7. The number of amides is 1. The van der Waals surface area contributed by atoms with Gasteiger partial charge in [-0.3, -0.25) is 4.79 Å². The molecule has 2 saturated heterocycles. The number of hydrogen-bond acceptors (Lipinski definition) is 4. The molecule has 0 spiro atoms. The second-order valence-electron chi connectivity index (χ2n) is 6.85. The third-order valence-electron chi connectivity index (χ3n) is 4.88. The molecule has 5 heteroatoms. The van der Waals surface area contributed by atoms with Gasteiger partial charge in [-0.05, 0) is 62.6 Å². The maximum absolute atomic E-state index is 12.3. The summed E-state index contributed by atoms with van der Waals surface area (Å²) in [7, 11) is 0. The molecule has 0 radical (unpaired) electrons. The number of benzene rings is 1. The van der Waals surface area contributed by atoms with E-state index >= 15 is 0 Å². The molecule has 126 valence electrons. The fraction of sp³-hybridized carbons (Fsp3) is 0.611. The number of piperidine rings is 1. The normalized spacial score (nSPS) is 25.6. The molecule has 0 aromatic heterocycles. The Labute approximate surface area is 142 Å². The van der Waals surface area contributed by atoms with E-state index in [0.717, 1.165) is 43.7 Å². The van der Waals surface area contributed by atoms with Gasteiger partial charge in [-0.2, -0.15) is 11.8 Å². The van der Waals surface area contributed by atoms with Gasteiger partial charge < -0.3 is 15.3 Å². The molecule has 0 bridgehead atoms. The van der Waals surface area contributed by atoms with E-state index in [1.807, 2.05) is 36.0 Å². The summed E-state index contributed by atoms with van der Waals surface area (Å²) in [6.45, 7) is 4.73. The van der Waals surface area contributed by atoms with Gasteiger partial charge in [0.15, 0.2) is 0 Å². The summed E-state index contributed by atoms with van der Waals surface area (Å²) < 4.78 is 0.199. The molecular formula is C18H26N2O2S. The first-order chi connectivity index (χ1) is 11.1. The predicted molar refractivity (Wildman–Crippen MR) is 96.3 cm³/mol. The van der Waals surface area contributed by atoms with Gasteiger partial charge >= 0.3 is 0 Å². The van der Waals surface area contributed by atoms with Crippen molar-refractivity contribution in [3.63, 3.8) is 0 Å². The lowest BCUT2D eigenvalue weighted by atomic mass is 10.1. The highest BCUT2D eigenvalue weighted by Gasteiger charge is 2.29. The van der Waals surface area contributed by atoms with Crippen LogP contribution in [0.2, 0.25) is 0 Å². The van der Waals surface area contributed by atoms with Crippen molar-refractivity contribution in [2.45, 2.75) is 43.5 Å². The van der Waals surface area contributed by atoms with Crippen LogP contribution in [-0.4, -0.2) is 47.3 Å². The molecule has 1 amide bonds. The Bertz CT molecular complexity index is 532. The third-order valence-corrected chi connectivity index (χ3v) is 6.42. The van der Waals surface area contributed by atoms with Gasteiger partial charge in [0, 0.05) is 35.6 Å². The van der Waals surface area contributed by atoms with Gasteiger partial charge in [-0.1, -0.05) is 0 Å². The quantitative estimate of drug-likeness (QED) is 0.889. The molecule has 2 aliphatic rings. The topological polar surface area (TPSA) is 52.6 Å². The van der Waals surface area contributed by atoms with Crippen molar-refractivity contribution in [2.75, 3.05) is 30.3 Å². The van der Waals surface area contributed by atoms with E-state index < -0.39 is 0 Å². The minimum Gasteiger partial charge on any atom is -0.393 e. The Balaban J connectivity index is 1.55. The first-order valence-electron chi connectivity index (χ1n) is 8.51. The SMILES string of the molecule is CC1(CNC(=O)c2ccc(N3CCC(O)CC3)cc2)CCCS1. The Morgan fingerprint density at radius 2 is 2.04 bits per heavy atom. The Kier molecular flexibility index (Phi) is 5.17. The van der Waals surface area contributed by atoms with Crippen molar-refractivity contribution in [2.24, 2.45) is 0 Å². The van der Waals surface area contributed by atoms with Gasteiger partial charge in [-0.25, -0.2) is 0 Å². The molecule has 1 aromatic carbocycles. The lowest BCUT2D eigenvalue weighted by molar-refractivity contribution is 0.0950. The van der Waals surface area contributed by atoms with Crippen molar-refractivity contribution < 1.29 is 9.90 Å². The number of thioether (sulfide) groups is 1. The summed E-state index contributed by atoms with van der Waals surface area (Å²) in [4.78, 5) is 14.6. The lowest BCUT2D eigenvalue weighted by Gasteiger charge is -2.31. The van der Waals surface area contributed by atoms with Crippen molar-refractivity contribution in [3.05, 3.63) is 29.8 Å². The molecule has 3 rings (SSSR count). The van der Waals surface area contributed by atoms with Crippen LogP contribution in [-0.2, 0) is 0 Å². The van der Waals surface area contributed by atoms with Gasteiger partial charge in [0.2, 0.25) is 0 Å². The number of aliphatic hydroxyl groups is 1. The summed E-state index contributed by atoms with van der Waals surface area (Å²) in [5.41, 5.74) is 1.85. The molecule has 0 aliphatic carbocycles. The lowest BCUT2D eigenvalue weighted by Crippen LogP contribution is -2.37. The number of hydrogen-bond donors (Lipinski definition) is 2. The number of nitrogens with one attached hydrogen (secondary N) is 1. The van der Waals surface area contributed by atoms with Crippen LogP contribution >= 0.6 is 11.8 Å². The van der Waals surface area contributed by atoms with Gasteiger partial charge in [0.1, 0.15) is 0 Å². The molecule has 4 nitrogen and oxygen atoms in total. The second-order valence-corrected chi connectivity index (χ2v) is 8.53. The number of rotatable bonds is 4. The molecule has 0 saturated carbocycles. The second kappa shape index (κ2) is 7.14. The van der Waals surface area contributed by atoms with Gasteiger partial charge in [-0.15, -0.1) is 0 Å². The van der Waals surface area contributed by atoms with E-state index in [0.29, 0.717) is 0 Å². The maximum atomic E-state index is 12.3. The summed E-state index contributed by atoms with van der Waals surface area (Å²) >= 11 is 1.96. The summed E-state index contributed by atoms with van der Waals surface area (Å²) in [5, 5.41) is 12.7. The van der Waals surface area contributed by atoms with Crippen LogP contribution in [0.15, 0.2) is 24.3 Å². The van der Waals surface area contributed by atoms with E-state index in [1.54, 1.807) is 0 Å². The molecule has 2 aliphatic heterocycles. The van der Waals surface area contributed by atoms with E-state index in [2.05, 4.69) is 17.1 Å². The fourth-order valence-corrected chi connectivity index (χ4v) is 4.54. The summed E-state index contributed by atoms with van der Waals surface area (Å²) in [6.07, 6.45) is 3.90. The Morgan fingerprint density at radius 1 is 1.35 bits per heavy atom. The fourth-order valence-electron chi connectivity index (χ4n) is 3.29. The van der Waals surface area contributed by atoms with Crippen molar-refractivity contribution in [1.82, 2.24) is 5.32 Å². The average molecular weight is 334 g/mol. The van der Waals surface area contributed by atoms with Crippen LogP contribution in [0.1, 0.15) is 43.0 Å². The highest BCUT2D eigenvalue weighted by atomic mass is 32.2. The van der Waals surface area contributed by atoms with Crippen molar-refractivity contribution in [1.29, 1.82) is 0 Å². The standard InChI is InChI=1S/C18H26N2O2S/c1-18(9-2-12-23-18)13-19-17(22)14-3-5-15(6-4-14)20-10-7-16(21)8-11-20/h3-6,16,21H,2,7-13H2,1H3,(H,19,22). The van der Waals surface area contributed by atoms with Crippen LogP contribution in [0.4, 0.5) is 5.69 Å². The smallest absolute Gasteiger partial charge is 0.251 e. The number of anilines is 1. The van der Waals surface area contributed by atoms with Gasteiger partial charge in [0.05, 0.1) is 6.10 Å². The van der Waals surface area contributed by atoms with Gasteiger partial charge in [0.25, 0.3) is 5.91 Å². The minimum absolute atomic E-state index is 0.0133. The molecule has 2 heterocycles. The minimum atomic E-state index is -0.161. The highest BCUT2D eigenvalue weighted by molar-refractivity contribution is 8.00. The van der Waals surface area contributed by atoms with Crippen molar-refractivity contribution >= 4 is 23.4 Å². The Morgan fingerprint density at radius 3 is 2.65 bits per heavy atom. The zero-order valence-corrected chi connectivity index (χ0v) is 14.6. The van der Waals surface area contributed by atoms with Crippen molar-refractivity contribution in [3.8, 4) is 0 Å². The molecule has 1 aromatic rings. The number of carbonyl (C=O) groups is 1. The number of carbonyl (C=O) groups excluding carboxylic acids is 1. The zero-order chi connectivity index (χ0) is 16.3. The molecule has 1 atom stereocenters. The average Bonchev–Trinajstić information content (AvgIpc) is 3.01. The largest absolute Gasteiger partial charge is 0.393 e. The zero-order valence-electron chi connectivity index (χ0n) is 13.8. The van der Waals surface area contributed by atoms with E-state index in [4.69, 9.17) is 0 Å². The predicted octanol–water partition coefficient (Wildman–Crippen LogP) is 2.66. The monoisotopic (exact) mass is 334 g/mol. The van der Waals surface area contributed by atoms with Crippen LogP contribution in [0.5, 0.6) is 0 Å². The number of nitrogens with zero attached hydrogens (tertiary/aromatic N) is 1. The summed E-state index contributed by atoms with van der Waals surface area (Å²) in [6, 6.07) is 7.83. The maximum Gasteiger partial charge on any atom is 0.251 e. The van der Waals surface area contributed by atoms with Crippen LogP contribution < -0.4 is 10.2 Å².